The highest BCUT2D eigenvalue weighted by Gasteiger charge is 2.38. The van der Waals surface area contributed by atoms with Gasteiger partial charge in [-0.3, -0.25) is 9.59 Å². The van der Waals surface area contributed by atoms with Crippen LogP contribution in [0.3, 0.4) is 0 Å². The Morgan fingerprint density at radius 1 is 1.38 bits per heavy atom. The summed E-state index contributed by atoms with van der Waals surface area (Å²) >= 11 is 15.9. The topological polar surface area (TPSA) is 43.4 Å². The Balaban J connectivity index is 4.35. The second kappa shape index (κ2) is 5.03. The summed E-state index contributed by atoms with van der Waals surface area (Å²) in [5.74, 6) is -2.51. The molecule has 0 aromatic rings. The molecule has 0 rings (SSSR count). The van der Waals surface area contributed by atoms with E-state index in [9.17, 15) is 9.59 Å². The summed E-state index contributed by atoms with van der Waals surface area (Å²) in [6.45, 7) is 3.16. The molecule has 0 saturated carbocycles. The lowest BCUT2D eigenvalue weighted by atomic mass is 10.1. The van der Waals surface area contributed by atoms with Crippen molar-refractivity contribution in [2.24, 2.45) is 5.92 Å². The molecule has 0 bridgehead atoms. The van der Waals surface area contributed by atoms with Gasteiger partial charge in [0.15, 0.2) is 5.78 Å². The number of Topliss-reactive ketones (excluding diaryl/α,β-unsaturated/α-hetero) is 1. The van der Waals surface area contributed by atoms with Gasteiger partial charge in [-0.25, -0.2) is 0 Å². The summed E-state index contributed by atoms with van der Waals surface area (Å²) < 4.78 is 2.52. The number of rotatable bonds is 3. The van der Waals surface area contributed by atoms with Gasteiger partial charge in [0.2, 0.25) is 3.79 Å². The Bertz CT molecular complexity index is 210. The molecule has 76 valence electrons. The predicted octanol–water partition coefficient (Wildman–Crippen LogP) is 2.12. The summed E-state index contributed by atoms with van der Waals surface area (Å²) in [5.41, 5.74) is 0. The van der Waals surface area contributed by atoms with Gasteiger partial charge in [0.05, 0.1) is 6.61 Å². The van der Waals surface area contributed by atoms with Gasteiger partial charge in [-0.1, -0.05) is 34.8 Å². The van der Waals surface area contributed by atoms with E-state index in [1.165, 1.54) is 6.92 Å². The summed E-state index contributed by atoms with van der Waals surface area (Å²) in [5, 5.41) is 0. The predicted molar refractivity (Wildman–Crippen MR) is 51.1 cm³/mol. The van der Waals surface area contributed by atoms with E-state index < -0.39 is 21.5 Å². The monoisotopic (exact) mass is 246 g/mol. The zero-order valence-electron chi connectivity index (χ0n) is 7.14. The lowest BCUT2D eigenvalue weighted by molar-refractivity contribution is -0.150. The molecule has 1 atom stereocenters. The van der Waals surface area contributed by atoms with Crippen LogP contribution in [0.1, 0.15) is 13.8 Å². The lowest BCUT2D eigenvalue weighted by Crippen LogP contribution is -2.32. The Hall–Kier alpha value is 0.01000. The molecule has 0 saturated heterocycles. The van der Waals surface area contributed by atoms with E-state index >= 15 is 0 Å². The quantitative estimate of drug-likeness (QED) is 0.436. The zero-order chi connectivity index (χ0) is 10.6. The molecule has 0 heterocycles. The first-order chi connectivity index (χ1) is 5.80. The van der Waals surface area contributed by atoms with Crippen LogP contribution in [0.25, 0.3) is 0 Å². The Morgan fingerprint density at radius 3 is 2.15 bits per heavy atom. The van der Waals surface area contributed by atoms with Gasteiger partial charge in [-0.05, 0) is 13.8 Å². The third-order valence-electron chi connectivity index (χ3n) is 1.31. The number of alkyl halides is 3. The maximum Gasteiger partial charge on any atom is 0.316 e. The summed E-state index contributed by atoms with van der Waals surface area (Å²) in [6.07, 6.45) is 0. The highest BCUT2D eigenvalue weighted by Crippen LogP contribution is 2.30. The second-order valence-corrected chi connectivity index (χ2v) is 4.62. The Kier molecular flexibility index (Phi) is 5.04. The van der Waals surface area contributed by atoms with Crippen LogP contribution in [0.4, 0.5) is 0 Å². The van der Waals surface area contributed by atoms with Crippen molar-refractivity contribution in [1.82, 2.24) is 0 Å². The van der Waals surface area contributed by atoms with Crippen molar-refractivity contribution in [3.05, 3.63) is 0 Å². The van der Waals surface area contributed by atoms with Gasteiger partial charge in [0.25, 0.3) is 0 Å². The van der Waals surface area contributed by atoms with Crippen molar-refractivity contribution in [1.29, 1.82) is 0 Å². The average Bonchev–Trinajstić information content (AvgIpc) is 2.00. The van der Waals surface area contributed by atoms with Crippen LogP contribution in [-0.2, 0) is 14.3 Å². The molecule has 0 fully saturated rings. The van der Waals surface area contributed by atoms with E-state index in [-0.39, 0.29) is 6.61 Å². The van der Waals surface area contributed by atoms with Crippen LogP contribution in [-0.4, -0.2) is 22.2 Å². The maximum atomic E-state index is 11.2. The number of hydrogen-bond acceptors (Lipinski definition) is 3. The number of ether oxygens (including phenoxy) is 1. The van der Waals surface area contributed by atoms with E-state index in [2.05, 4.69) is 4.74 Å². The van der Waals surface area contributed by atoms with Crippen molar-refractivity contribution >= 4 is 46.6 Å². The van der Waals surface area contributed by atoms with Crippen LogP contribution in [0, 0.1) is 5.92 Å². The summed E-state index contributed by atoms with van der Waals surface area (Å²) in [7, 11) is 0. The third-order valence-corrected chi connectivity index (χ3v) is 1.87. The summed E-state index contributed by atoms with van der Waals surface area (Å²) in [4.78, 5) is 22.2. The number of halogens is 3. The van der Waals surface area contributed by atoms with E-state index in [4.69, 9.17) is 34.8 Å². The zero-order valence-corrected chi connectivity index (χ0v) is 9.41. The number of hydrogen-bond donors (Lipinski definition) is 0. The van der Waals surface area contributed by atoms with Crippen molar-refractivity contribution in [3.63, 3.8) is 0 Å². The number of carbonyl (C=O) groups is 2. The molecule has 6 heteroatoms. The Labute approximate surface area is 91.3 Å². The number of ketones is 1. The van der Waals surface area contributed by atoms with Gasteiger partial charge in [-0.2, -0.15) is 0 Å². The molecule has 1 unspecified atom stereocenters. The van der Waals surface area contributed by atoms with Crippen molar-refractivity contribution in [2.45, 2.75) is 17.6 Å². The first-order valence-corrected chi connectivity index (χ1v) is 4.71. The van der Waals surface area contributed by atoms with Gasteiger partial charge in [-0.15, -0.1) is 0 Å². The van der Waals surface area contributed by atoms with Gasteiger partial charge < -0.3 is 4.74 Å². The molecule has 0 aliphatic rings. The molecule has 0 radical (unpaired) electrons. The third kappa shape index (κ3) is 4.16. The van der Waals surface area contributed by atoms with Crippen LogP contribution in [0.5, 0.6) is 0 Å². The molecule has 0 N–H and O–H groups in total. The first-order valence-electron chi connectivity index (χ1n) is 3.58. The molecule has 0 aliphatic heterocycles. The minimum atomic E-state index is -2.06. The minimum Gasteiger partial charge on any atom is -0.465 e. The fourth-order valence-electron chi connectivity index (χ4n) is 0.620. The molecule has 0 aliphatic carbocycles. The SMILES string of the molecule is CCOC(=O)C(C)C(=O)C(Cl)(Cl)Cl. The van der Waals surface area contributed by atoms with Crippen LogP contribution in [0.15, 0.2) is 0 Å². The van der Waals surface area contributed by atoms with E-state index in [0.29, 0.717) is 0 Å². The van der Waals surface area contributed by atoms with Crippen LogP contribution >= 0.6 is 34.8 Å². The minimum absolute atomic E-state index is 0.191. The molecular weight excluding hydrogens is 238 g/mol. The normalized spacial score (nSPS) is 13.6. The molecule has 3 nitrogen and oxygen atoms in total. The van der Waals surface area contributed by atoms with Crippen LogP contribution < -0.4 is 0 Å². The molecule has 0 spiro atoms. The lowest BCUT2D eigenvalue weighted by Gasteiger charge is -2.14. The molecular formula is C7H9Cl3O3. The average molecular weight is 248 g/mol. The van der Waals surface area contributed by atoms with Gasteiger partial charge in [0, 0.05) is 0 Å². The highest BCUT2D eigenvalue weighted by molar-refractivity contribution is 6.76. The molecule has 0 aromatic carbocycles. The maximum absolute atomic E-state index is 11.2. The highest BCUT2D eigenvalue weighted by atomic mass is 35.6. The second-order valence-electron chi connectivity index (χ2n) is 2.34. The van der Waals surface area contributed by atoms with Gasteiger partial charge >= 0.3 is 5.97 Å². The standard InChI is InChI=1S/C7H9Cl3O3/c1-3-13-6(12)4(2)5(11)7(8,9)10/h4H,3H2,1-2H3. The van der Waals surface area contributed by atoms with E-state index in [1.54, 1.807) is 6.92 Å². The van der Waals surface area contributed by atoms with Crippen molar-refractivity contribution in [2.75, 3.05) is 6.61 Å². The largest absolute Gasteiger partial charge is 0.465 e. The molecule has 0 amide bonds. The molecule has 13 heavy (non-hydrogen) atoms. The van der Waals surface area contributed by atoms with Crippen molar-refractivity contribution in [3.8, 4) is 0 Å². The fraction of sp³-hybridized carbons (Fsp3) is 0.714. The van der Waals surface area contributed by atoms with Gasteiger partial charge in [0.1, 0.15) is 5.92 Å². The van der Waals surface area contributed by atoms with Crippen LogP contribution in [0.2, 0.25) is 0 Å². The van der Waals surface area contributed by atoms with Crippen molar-refractivity contribution < 1.29 is 14.3 Å². The van der Waals surface area contributed by atoms with E-state index in [0.717, 1.165) is 0 Å². The Morgan fingerprint density at radius 2 is 1.85 bits per heavy atom. The molecule has 0 aromatic heterocycles. The first kappa shape index (κ1) is 13.0. The van der Waals surface area contributed by atoms with E-state index in [1.807, 2.05) is 0 Å². The fourth-order valence-corrected chi connectivity index (χ4v) is 1.11. The number of carbonyl (C=O) groups excluding carboxylic acids is 2. The summed E-state index contributed by atoms with van der Waals surface area (Å²) in [6, 6.07) is 0. The smallest absolute Gasteiger partial charge is 0.316 e. The number of esters is 1.